The molecule has 0 bridgehead atoms. The van der Waals surface area contributed by atoms with Crippen LogP contribution in [0.2, 0.25) is 0 Å². The van der Waals surface area contributed by atoms with Gasteiger partial charge >= 0.3 is 5.97 Å². The van der Waals surface area contributed by atoms with Crippen LogP contribution in [0.15, 0.2) is 24.3 Å². The second kappa shape index (κ2) is 5.84. The molecule has 102 valence electrons. The molecular formula is C14H18N2O3. The third kappa shape index (κ3) is 3.12. The standard InChI is InChI=1S/C14H18N2O3/c15-8-10-3-5-11(6-4-10)13(17)16-7-1-2-12(9-16)14(18)19/h3-6,12H,1-2,7-9,15H2,(H,18,19)/t12-/m1/s1. The van der Waals surface area contributed by atoms with Crippen LogP contribution in [-0.2, 0) is 11.3 Å². The predicted molar refractivity (Wildman–Crippen MR) is 70.6 cm³/mol. The van der Waals surface area contributed by atoms with Crippen LogP contribution in [-0.4, -0.2) is 35.0 Å². The van der Waals surface area contributed by atoms with Crippen LogP contribution in [0.4, 0.5) is 0 Å². The third-order valence-corrected chi connectivity index (χ3v) is 3.49. The molecule has 2 rings (SSSR count). The summed E-state index contributed by atoms with van der Waals surface area (Å²) in [6.07, 6.45) is 1.38. The highest BCUT2D eigenvalue weighted by molar-refractivity contribution is 5.94. The lowest BCUT2D eigenvalue weighted by molar-refractivity contribution is -0.143. The fourth-order valence-electron chi connectivity index (χ4n) is 2.33. The normalized spacial score (nSPS) is 19.2. The molecule has 1 heterocycles. The fraction of sp³-hybridized carbons (Fsp3) is 0.429. The van der Waals surface area contributed by atoms with Gasteiger partial charge in [-0.3, -0.25) is 9.59 Å². The van der Waals surface area contributed by atoms with Crippen LogP contribution in [0.1, 0.15) is 28.8 Å². The SMILES string of the molecule is NCc1ccc(C(=O)N2CCC[C@@H](C(=O)O)C2)cc1. The van der Waals surface area contributed by atoms with E-state index in [4.69, 9.17) is 10.8 Å². The van der Waals surface area contributed by atoms with Crippen molar-refractivity contribution in [3.05, 3.63) is 35.4 Å². The van der Waals surface area contributed by atoms with Crippen LogP contribution >= 0.6 is 0 Å². The van der Waals surface area contributed by atoms with Crippen molar-refractivity contribution in [1.29, 1.82) is 0 Å². The Labute approximate surface area is 112 Å². The van der Waals surface area contributed by atoms with Crippen molar-refractivity contribution in [1.82, 2.24) is 4.90 Å². The topological polar surface area (TPSA) is 83.6 Å². The van der Waals surface area contributed by atoms with Crippen LogP contribution in [0.25, 0.3) is 0 Å². The average molecular weight is 262 g/mol. The van der Waals surface area contributed by atoms with Crippen LogP contribution in [0, 0.1) is 5.92 Å². The maximum Gasteiger partial charge on any atom is 0.308 e. The van der Waals surface area contributed by atoms with Gasteiger partial charge in [-0.15, -0.1) is 0 Å². The molecule has 1 aliphatic heterocycles. The van der Waals surface area contributed by atoms with Gasteiger partial charge in [0.15, 0.2) is 0 Å². The molecule has 1 aromatic rings. The Morgan fingerprint density at radius 3 is 2.58 bits per heavy atom. The van der Waals surface area contributed by atoms with Crippen molar-refractivity contribution in [2.75, 3.05) is 13.1 Å². The van der Waals surface area contributed by atoms with E-state index in [1.807, 2.05) is 12.1 Å². The number of hydrogen-bond donors (Lipinski definition) is 2. The lowest BCUT2D eigenvalue weighted by atomic mass is 9.97. The zero-order valence-corrected chi connectivity index (χ0v) is 10.7. The summed E-state index contributed by atoms with van der Waals surface area (Å²) >= 11 is 0. The van der Waals surface area contributed by atoms with Gasteiger partial charge in [0.25, 0.3) is 5.91 Å². The minimum absolute atomic E-state index is 0.102. The van der Waals surface area contributed by atoms with Gasteiger partial charge in [0.1, 0.15) is 0 Å². The zero-order valence-electron chi connectivity index (χ0n) is 10.7. The minimum atomic E-state index is -0.823. The Bertz CT molecular complexity index is 470. The van der Waals surface area contributed by atoms with E-state index < -0.39 is 11.9 Å². The molecule has 1 saturated heterocycles. The first-order valence-corrected chi connectivity index (χ1v) is 6.43. The summed E-state index contributed by atoms with van der Waals surface area (Å²) < 4.78 is 0. The van der Waals surface area contributed by atoms with E-state index in [1.54, 1.807) is 17.0 Å². The molecule has 0 spiro atoms. The van der Waals surface area contributed by atoms with Gasteiger partial charge in [-0.2, -0.15) is 0 Å². The first-order chi connectivity index (χ1) is 9.11. The van der Waals surface area contributed by atoms with Crippen molar-refractivity contribution in [2.45, 2.75) is 19.4 Å². The van der Waals surface area contributed by atoms with Gasteiger partial charge in [-0.1, -0.05) is 12.1 Å². The summed E-state index contributed by atoms with van der Waals surface area (Å²) in [5.74, 6) is -1.37. The predicted octanol–water partition coefficient (Wildman–Crippen LogP) is 1.08. The fourth-order valence-corrected chi connectivity index (χ4v) is 2.33. The number of hydrogen-bond acceptors (Lipinski definition) is 3. The van der Waals surface area contributed by atoms with E-state index in [2.05, 4.69) is 0 Å². The van der Waals surface area contributed by atoms with Crippen LogP contribution in [0.5, 0.6) is 0 Å². The maximum absolute atomic E-state index is 12.3. The molecule has 3 N–H and O–H groups in total. The summed E-state index contributed by atoms with van der Waals surface area (Å²) in [6.45, 7) is 1.37. The number of carboxylic acids is 1. The molecule has 1 aliphatic rings. The summed E-state index contributed by atoms with van der Waals surface area (Å²) in [5.41, 5.74) is 7.07. The number of carbonyl (C=O) groups excluding carboxylic acids is 1. The Balaban J connectivity index is 2.07. The first-order valence-electron chi connectivity index (χ1n) is 6.43. The Morgan fingerprint density at radius 1 is 1.32 bits per heavy atom. The van der Waals surface area contributed by atoms with Gasteiger partial charge in [-0.05, 0) is 30.5 Å². The molecule has 0 aliphatic carbocycles. The Kier molecular flexibility index (Phi) is 4.16. The maximum atomic E-state index is 12.3. The van der Waals surface area contributed by atoms with Gasteiger partial charge in [0.05, 0.1) is 5.92 Å². The van der Waals surface area contributed by atoms with Crippen LogP contribution < -0.4 is 5.73 Å². The molecule has 0 saturated carbocycles. The highest BCUT2D eigenvalue weighted by Crippen LogP contribution is 2.19. The third-order valence-electron chi connectivity index (χ3n) is 3.49. The average Bonchev–Trinajstić information content (AvgIpc) is 2.46. The van der Waals surface area contributed by atoms with Gasteiger partial charge < -0.3 is 15.7 Å². The molecule has 0 radical (unpaired) electrons. The summed E-state index contributed by atoms with van der Waals surface area (Å²) in [6, 6.07) is 7.14. The van der Waals surface area contributed by atoms with Crippen molar-refractivity contribution < 1.29 is 14.7 Å². The van der Waals surface area contributed by atoms with Crippen molar-refractivity contribution in [3.63, 3.8) is 0 Å². The lowest BCUT2D eigenvalue weighted by Gasteiger charge is -2.30. The van der Waals surface area contributed by atoms with E-state index in [9.17, 15) is 9.59 Å². The van der Waals surface area contributed by atoms with Crippen molar-refractivity contribution in [3.8, 4) is 0 Å². The number of piperidine rings is 1. The molecule has 5 nitrogen and oxygen atoms in total. The molecule has 1 amide bonds. The molecule has 0 unspecified atom stereocenters. The lowest BCUT2D eigenvalue weighted by Crippen LogP contribution is -2.42. The highest BCUT2D eigenvalue weighted by Gasteiger charge is 2.28. The van der Waals surface area contributed by atoms with Crippen molar-refractivity contribution >= 4 is 11.9 Å². The number of aliphatic carboxylic acids is 1. The highest BCUT2D eigenvalue weighted by atomic mass is 16.4. The number of carboxylic acid groups (broad SMARTS) is 1. The number of nitrogens with zero attached hydrogens (tertiary/aromatic N) is 1. The summed E-state index contributed by atoms with van der Waals surface area (Å²) in [5, 5.41) is 9.02. The molecule has 1 aromatic carbocycles. The number of amides is 1. The van der Waals surface area contributed by atoms with E-state index in [-0.39, 0.29) is 5.91 Å². The van der Waals surface area contributed by atoms with Gasteiger partial charge in [-0.25, -0.2) is 0 Å². The minimum Gasteiger partial charge on any atom is -0.481 e. The first kappa shape index (κ1) is 13.5. The van der Waals surface area contributed by atoms with E-state index in [0.717, 1.165) is 12.0 Å². The van der Waals surface area contributed by atoms with E-state index in [0.29, 0.717) is 31.6 Å². The number of benzene rings is 1. The summed E-state index contributed by atoms with van der Waals surface area (Å²) in [4.78, 5) is 24.9. The summed E-state index contributed by atoms with van der Waals surface area (Å²) in [7, 11) is 0. The van der Waals surface area contributed by atoms with Gasteiger partial charge in [0, 0.05) is 25.2 Å². The number of carbonyl (C=O) groups is 2. The molecule has 1 fully saturated rings. The Hall–Kier alpha value is -1.88. The zero-order chi connectivity index (χ0) is 13.8. The number of likely N-dealkylation sites (tertiary alicyclic amines) is 1. The molecule has 0 aromatic heterocycles. The molecule has 5 heteroatoms. The van der Waals surface area contributed by atoms with E-state index in [1.165, 1.54) is 0 Å². The van der Waals surface area contributed by atoms with Gasteiger partial charge in [0.2, 0.25) is 0 Å². The molecule has 1 atom stereocenters. The largest absolute Gasteiger partial charge is 0.481 e. The second-order valence-corrected chi connectivity index (χ2v) is 4.83. The Morgan fingerprint density at radius 2 is 2.00 bits per heavy atom. The smallest absolute Gasteiger partial charge is 0.308 e. The van der Waals surface area contributed by atoms with E-state index >= 15 is 0 Å². The van der Waals surface area contributed by atoms with Crippen LogP contribution in [0.3, 0.4) is 0 Å². The number of nitrogens with two attached hydrogens (primary N) is 1. The molecule has 19 heavy (non-hydrogen) atoms. The van der Waals surface area contributed by atoms with Crippen molar-refractivity contribution in [2.24, 2.45) is 11.7 Å². The second-order valence-electron chi connectivity index (χ2n) is 4.83. The quantitative estimate of drug-likeness (QED) is 0.853. The molecular weight excluding hydrogens is 244 g/mol. The monoisotopic (exact) mass is 262 g/mol. The number of rotatable bonds is 3.